The molecule has 0 spiro atoms. The zero-order chi connectivity index (χ0) is 17.9. The molecule has 1 aromatic heterocycles. The van der Waals surface area contributed by atoms with Crippen molar-refractivity contribution < 1.29 is 4.79 Å². The van der Waals surface area contributed by atoms with Crippen LogP contribution in [-0.4, -0.2) is 51.1 Å². The summed E-state index contributed by atoms with van der Waals surface area (Å²) in [6.07, 6.45) is 7.78. The summed E-state index contributed by atoms with van der Waals surface area (Å²) in [5, 5.41) is 3.16. The molecule has 2 amide bonds. The second-order valence-corrected chi connectivity index (χ2v) is 7.84. The topological polar surface area (TPSA) is 70.5 Å². The summed E-state index contributed by atoms with van der Waals surface area (Å²) in [5.41, 5.74) is 0.850. The van der Waals surface area contributed by atoms with E-state index in [-0.39, 0.29) is 11.6 Å². The van der Waals surface area contributed by atoms with E-state index in [1.807, 2.05) is 4.90 Å². The van der Waals surface area contributed by atoms with Crippen LogP contribution in [0.5, 0.6) is 0 Å². The largest absolute Gasteiger partial charge is 0.335 e. The van der Waals surface area contributed by atoms with Crippen molar-refractivity contribution in [3.63, 3.8) is 0 Å². The standard InChI is InChI=1S/C19H29N5O2/c25-18-12-16(13-22-8-3-4-9-22)20-17-14-23(10-5-11-24(17)18)19(26)21-15-6-1-2-7-15/h12,15H,1-11,13-14H2,(H,21,26). The first-order valence-electron chi connectivity index (χ1n) is 10.1. The predicted octanol–water partition coefficient (Wildman–Crippen LogP) is 1.70. The van der Waals surface area contributed by atoms with Gasteiger partial charge in [0, 0.05) is 31.7 Å². The molecule has 1 aliphatic carbocycles. The second-order valence-electron chi connectivity index (χ2n) is 7.84. The molecule has 1 saturated heterocycles. The van der Waals surface area contributed by atoms with E-state index in [0.29, 0.717) is 25.7 Å². The summed E-state index contributed by atoms with van der Waals surface area (Å²) in [7, 11) is 0. The van der Waals surface area contributed by atoms with Crippen LogP contribution in [0.4, 0.5) is 4.79 Å². The molecule has 1 aromatic rings. The zero-order valence-electron chi connectivity index (χ0n) is 15.5. The molecule has 0 aromatic carbocycles. The Morgan fingerprint density at radius 3 is 2.62 bits per heavy atom. The average Bonchev–Trinajstić information content (AvgIpc) is 3.26. The number of carbonyl (C=O) groups is 1. The number of hydrogen-bond acceptors (Lipinski definition) is 4. The fraction of sp³-hybridized carbons (Fsp3) is 0.737. The van der Waals surface area contributed by atoms with Crippen molar-refractivity contribution in [1.82, 2.24) is 24.7 Å². The highest BCUT2D eigenvalue weighted by Crippen LogP contribution is 2.19. The van der Waals surface area contributed by atoms with Gasteiger partial charge in [-0.05, 0) is 45.2 Å². The van der Waals surface area contributed by atoms with Crippen LogP contribution in [0.15, 0.2) is 10.9 Å². The molecule has 0 unspecified atom stereocenters. The van der Waals surface area contributed by atoms with Crippen LogP contribution in [0.25, 0.3) is 0 Å². The van der Waals surface area contributed by atoms with Gasteiger partial charge in [0.25, 0.3) is 5.56 Å². The fourth-order valence-electron chi connectivity index (χ4n) is 4.40. The lowest BCUT2D eigenvalue weighted by Crippen LogP contribution is -2.44. The first-order valence-corrected chi connectivity index (χ1v) is 10.1. The van der Waals surface area contributed by atoms with Crippen molar-refractivity contribution in [1.29, 1.82) is 0 Å². The number of amides is 2. The Morgan fingerprint density at radius 2 is 1.85 bits per heavy atom. The summed E-state index contributed by atoms with van der Waals surface area (Å²) in [6.45, 7) is 4.62. The van der Waals surface area contributed by atoms with E-state index in [9.17, 15) is 9.59 Å². The maximum Gasteiger partial charge on any atom is 0.318 e. The van der Waals surface area contributed by atoms with Gasteiger partial charge in [-0.3, -0.25) is 14.3 Å². The van der Waals surface area contributed by atoms with Crippen LogP contribution in [0.1, 0.15) is 56.5 Å². The van der Waals surface area contributed by atoms with Crippen LogP contribution in [0.3, 0.4) is 0 Å². The minimum atomic E-state index is -0.00968. The molecule has 142 valence electrons. The zero-order valence-corrected chi connectivity index (χ0v) is 15.5. The lowest BCUT2D eigenvalue weighted by atomic mass is 10.2. The Balaban J connectivity index is 1.49. The minimum Gasteiger partial charge on any atom is -0.335 e. The number of urea groups is 1. The molecule has 3 aliphatic rings. The summed E-state index contributed by atoms with van der Waals surface area (Å²) >= 11 is 0. The number of carbonyl (C=O) groups excluding carboxylic acids is 1. The minimum absolute atomic E-state index is 0.00968. The summed E-state index contributed by atoms with van der Waals surface area (Å²) in [6, 6.07) is 1.97. The van der Waals surface area contributed by atoms with E-state index in [1.54, 1.807) is 10.6 Å². The Bertz CT molecular complexity index is 704. The van der Waals surface area contributed by atoms with E-state index in [4.69, 9.17) is 4.98 Å². The SMILES string of the molecule is O=C(NC1CCCC1)N1CCCn2c(nc(CN3CCCC3)cc2=O)C1. The van der Waals surface area contributed by atoms with E-state index in [0.717, 1.165) is 50.4 Å². The molecule has 2 aliphatic heterocycles. The van der Waals surface area contributed by atoms with Gasteiger partial charge in [0.1, 0.15) is 5.82 Å². The molecule has 4 rings (SSSR count). The Hall–Kier alpha value is -1.89. The summed E-state index contributed by atoms with van der Waals surface area (Å²) in [4.78, 5) is 34.1. The highest BCUT2D eigenvalue weighted by atomic mass is 16.2. The van der Waals surface area contributed by atoms with Crippen molar-refractivity contribution in [3.8, 4) is 0 Å². The maximum absolute atomic E-state index is 12.7. The molecule has 7 nitrogen and oxygen atoms in total. The van der Waals surface area contributed by atoms with Crippen molar-refractivity contribution in [2.45, 2.75) is 70.6 Å². The normalized spacial score (nSPS) is 21.6. The van der Waals surface area contributed by atoms with Gasteiger partial charge < -0.3 is 10.2 Å². The molecule has 1 saturated carbocycles. The first-order chi connectivity index (χ1) is 12.7. The number of likely N-dealkylation sites (tertiary alicyclic amines) is 1. The lowest BCUT2D eigenvalue weighted by Gasteiger charge is -2.23. The van der Waals surface area contributed by atoms with Gasteiger partial charge in [0.15, 0.2) is 0 Å². The molecule has 0 bridgehead atoms. The van der Waals surface area contributed by atoms with Gasteiger partial charge in [-0.2, -0.15) is 0 Å². The number of nitrogens with zero attached hydrogens (tertiary/aromatic N) is 4. The van der Waals surface area contributed by atoms with Crippen LogP contribution in [0.2, 0.25) is 0 Å². The Labute approximate surface area is 154 Å². The van der Waals surface area contributed by atoms with Crippen LogP contribution < -0.4 is 10.9 Å². The highest BCUT2D eigenvalue weighted by molar-refractivity contribution is 5.74. The Morgan fingerprint density at radius 1 is 1.08 bits per heavy atom. The molecular weight excluding hydrogens is 330 g/mol. The third-order valence-electron chi connectivity index (χ3n) is 5.84. The van der Waals surface area contributed by atoms with E-state index in [1.165, 1.54) is 25.7 Å². The van der Waals surface area contributed by atoms with Crippen molar-refractivity contribution in [3.05, 3.63) is 27.9 Å². The van der Waals surface area contributed by atoms with E-state index in [2.05, 4.69) is 10.2 Å². The Kier molecular flexibility index (Phi) is 5.24. The average molecular weight is 359 g/mol. The molecule has 0 radical (unpaired) electrons. The van der Waals surface area contributed by atoms with Gasteiger partial charge >= 0.3 is 6.03 Å². The van der Waals surface area contributed by atoms with E-state index >= 15 is 0 Å². The maximum atomic E-state index is 12.7. The van der Waals surface area contributed by atoms with Crippen LogP contribution in [0, 0.1) is 0 Å². The summed E-state index contributed by atoms with van der Waals surface area (Å²) < 4.78 is 1.75. The monoisotopic (exact) mass is 359 g/mol. The number of nitrogens with one attached hydrogen (secondary N) is 1. The highest BCUT2D eigenvalue weighted by Gasteiger charge is 2.24. The fourth-order valence-corrected chi connectivity index (χ4v) is 4.40. The number of fused-ring (bicyclic) bond motifs is 1. The molecule has 3 heterocycles. The lowest BCUT2D eigenvalue weighted by molar-refractivity contribution is 0.191. The van der Waals surface area contributed by atoms with Gasteiger partial charge in [-0.25, -0.2) is 9.78 Å². The smallest absolute Gasteiger partial charge is 0.318 e. The number of rotatable bonds is 3. The first kappa shape index (κ1) is 17.5. The molecular formula is C19H29N5O2. The van der Waals surface area contributed by atoms with Crippen LogP contribution >= 0.6 is 0 Å². The van der Waals surface area contributed by atoms with Gasteiger partial charge in [-0.15, -0.1) is 0 Å². The third kappa shape index (κ3) is 3.92. The molecule has 7 heteroatoms. The van der Waals surface area contributed by atoms with Crippen molar-refractivity contribution >= 4 is 6.03 Å². The van der Waals surface area contributed by atoms with Gasteiger partial charge in [0.2, 0.25) is 0 Å². The van der Waals surface area contributed by atoms with Crippen molar-refractivity contribution in [2.75, 3.05) is 19.6 Å². The molecule has 0 atom stereocenters. The third-order valence-corrected chi connectivity index (χ3v) is 5.84. The molecule has 2 fully saturated rings. The van der Waals surface area contributed by atoms with Crippen molar-refractivity contribution in [2.24, 2.45) is 0 Å². The van der Waals surface area contributed by atoms with Gasteiger partial charge in [-0.1, -0.05) is 12.8 Å². The number of hydrogen-bond donors (Lipinski definition) is 1. The second kappa shape index (κ2) is 7.78. The van der Waals surface area contributed by atoms with Crippen LogP contribution in [-0.2, 0) is 19.6 Å². The number of aromatic nitrogens is 2. The molecule has 26 heavy (non-hydrogen) atoms. The quantitative estimate of drug-likeness (QED) is 0.892. The summed E-state index contributed by atoms with van der Waals surface area (Å²) in [5.74, 6) is 0.728. The predicted molar refractivity (Wildman–Crippen MR) is 98.8 cm³/mol. The molecule has 1 N–H and O–H groups in total. The van der Waals surface area contributed by atoms with Gasteiger partial charge in [0.05, 0.1) is 12.2 Å². The van der Waals surface area contributed by atoms with E-state index < -0.39 is 0 Å².